The minimum absolute atomic E-state index is 0.0914. The number of aryl methyl sites for hydroxylation is 1. The lowest BCUT2D eigenvalue weighted by atomic mass is 9.67. The van der Waals surface area contributed by atoms with Crippen molar-refractivity contribution in [3.8, 4) is 5.75 Å². The molecule has 1 N–H and O–H groups in total. The van der Waals surface area contributed by atoms with Gasteiger partial charge < -0.3 is 24.2 Å². The van der Waals surface area contributed by atoms with E-state index in [0.717, 1.165) is 68.1 Å². The van der Waals surface area contributed by atoms with Crippen LogP contribution in [0.5, 0.6) is 5.75 Å². The Morgan fingerprint density at radius 2 is 2.08 bits per heavy atom. The Kier molecular flexibility index (Phi) is 7.08. The van der Waals surface area contributed by atoms with Gasteiger partial charge in [0.25, 0.3) is 0 Å². The van der Waals surface area contributed by atoms with Gasteiger partial charge in [0.2, 0.25) is 0 Å². The fraction of sp³-hybridized carbons (Fsp3) is 0.581. The number of aliphatic hydroxyl groups excluding tert-OH is 1. The molecule has 6 rings (SSSR count). The summed E-state index contributed by atoms with van der Waals surface area (Å²) in [5, 5.41) is 11.2. The molecule has 0 radical (unpaired) electrons. The third-order valence-corrected chi connectivity index (χ3v) is 9.62. The second-order valence-electron chi connectivity index (χ2n) is 11.9. The summed E-state index contributed by atoms with van der Waals surface area (Å²) >= 11 is 6.39. The summed E-state index contributed by atoms with van der Waals surface area (Å²) in [6, 6.07) is 12.0. The van der Waals surface area contributed by atoms with Crippen LogP contribution in [-0.4, -0.2) is 56.2 Å². The monoisotopic (exact) mass is 539 g/mol. The Morgan fingerprint density at radius 1 is 1.21 bits per heavy atom. The molecule has 0 bridgehead atoms. The van der Waals surface area contributed by atoms with Crippen LogP contribution in [0.3, 0.4) is 0 Å². The Labute approximate surface area is 230 Å². The standard InChI is InChI=1S/C31H38ClNO5/c1-19-12-24(34)15-29(38-19)25-8-5-22(25)16-33-17-31(11-3-4-20-13-23(32)7-9-26(20)31)18-37-28-10-6-21(14-27(28)33)30(35)36-2/h6-7,9-10,13-14,19,22,24-25,29,34H,3-5,8,11-12,15-18H2,1-2H3/t19-,22-,24+,25+,29+,31-/m0/s1. The van der Waals surface area contributed by atoms with E-state index in [-0.39, 0.29) is 29.7 Å². The summed E-state index contributed by atoms with van der Waals surface area (Å²) in [4.78, 5) is 14.9. The van der Waals surface area contributed by atoms with Crippen LogP contribution in [0, 0.1) is 11.8 Å². The molecule has 1 spiro atoms. The lowest BCUT2D eigenvalue weighted by Gasteiger charge is -2.48. The topological polar surface area (TPSA) is 68.2 Å². The molecule has 204 valence electrons. The van der Waals surface area contributed by atoms with E-state index in [1.54, 1.807) is 6.07 Å². The van der Waals surface area contributed by atoms with E-state index in [2.05, 4.69) is 24.0 Å². The first-order chi connectivity index (χ1) is 18.3. The summed E-state index contributed by atoms with van der Waals surface area (Å²) in [5.74, 6) is 1.35. The molecule has 2 aliphatic heterocycles. The average molecular weight is 540 g/mol. The summed E-state index contributed by atoms with van der Waals surface area (Å²) in [7, 11) is 1.42. The molecule has 2 fully saturated rings. The van der Waals surface area contributed by atoms with E-state index in [4.69, 9.17) is 25.8 Å². The molecule has 0 aromatic heterocycles. The highest BCUT2D eigenvalue weighted by atomic mass is 35.5. The number of carbonyl (C=O) groups excluding carboxylic acids is 1. The van der Waals surface area contributed by atoms with Gasteiger partial charge in [-0.2, -0.15) is 0 Å². The van der Waals surface area contributed by atoms with E-state index in [1.807, 2.05) is 18.2 Å². The molecule has 4 aliphatic rings. The van der Waals surface area contributed by atoms with Gasteiger partial charge in [-0.15, -0.1) is 0 Å². The number of halogens is 1. The zero-order chi connectivity index (χ0) is 26.4. The molecule has 7 heteroatoms. The number of ether oxygens (including phenoxy) is 3. The van der Waals surface area contributed by atoms with Crippen LogP contribution in [0.4, 0.5) is 5.69 Å². The highest BCUT2D eigenvalue weighted by Gasteiger charge is 2.45. The van der Waals surface area contributed by atoms with Crippen LogP contribution in [0.15, 0.2) is 36.4 Å². The second kappa shape index (κ2) is 10.4. The SMILES string of the molecule is COC(=O)c1ccc2c(c1)N(C[C@@H]1CC[C@H]1[C@H]1C[C@H](O)C[C@H](C)O1)C[C@@]1(CCCc3cc(Cl)ccc31)CO2. The van der Waals surface area contributed by atoms with Crippen LogP contribution in [0.1, 0.15) is 66.9 Å². The maximum atomic E-state index is 12.5. The van der Waals surface area contributed by atoms with Gasteiger partial charge in [-0.3, -0.25) is 0 Å². The van der Waals surface area contributed by atoms with Crippen LogP contribution in [0.2, 0.25) is 5.02 Å². The van der Waals surface area contributed by atoms with Crippen molar-refractivity contribution in [3.63, 3.8) is 0 Å². The van der Waals surface area contributed by atoms with Gasteiger partial charge in [0.15, 0.2) is 0 Å². The smallest absolute Gasteiger partial charge is 0.337 e. The predicted molar refractivity (Wildman–Crippen MR) is 147 cm³/mol. The largest absolute Gasteiger partial charge is 0.490 e. The first-order valence-corrected chi connectivity index (χ1v) is 14.5. The number of hydrogen-bond acceptors (Lipinski definition) is 6. The van der Waals surface area contributed by atoms with Crippen LogP contribution in [-0.2, 0) is 21.3 Å². The fourth-order valence-corrected chi connectivity index (χ4v) is 7.58. The Balaban J connectivity index is 1.34. The van der Waals surface area contributed by atoms with Gasteiger partial charge in [-0.05, 0) is 105 Å². The number of nitrogens with zero attached hydrogens (tertiary/aromatic N) is 1. The van der Waals surface area contributed by atoms with Gasteiger partial charge in [0.1, 0.15) is 5.75 Å². The quantitative estimate of drug-likeness (QED) is 0.513. The van der Waals surface area contributed by atoms with Crippen molar-refractivity contribution in [2.75, 3.05) is 31.7 Å². The summed E-state index contributed by atoms with van der Waals surface area (Å²) < 4.78 is 17.9. The molecular formula is C31H38ClNO5. The maximum Gasteiger partial charge on any atom is 0.337 e. The second-order valence-corrected chi connectivity index (χ2v) is 12.3. The van der Waals surface area contributed by atoms with Gasteiger partial charge in [0.05, 0.1) is 43.3 Å². The molecule has 2 aromatic rings. The lowest BCUT2D eigenvalue weighted by molar-refractivity contribution is -0.135. The fourth-order valence-electron chi connectivity index (χ4n) is 7.39. The molecule has 0 unspecified atom stereocenters. The molecule has 38 heavy (non-hydrogen) atoms. The van der Waals surface area contributed by atoms with Gasteiger partial charge in [-0.25, -0.2) is 4.79 Å². The van der Waals surface area contributed by atoms with Gasteiger partial charge in [0, 0.05) is 23.5 Å². The van der Waals surface area contributed by atoms with Gasteiger partial charge >= 0.3 is 5.97 Å². The highest BCUT2D eigenvalue weighted by molar-refractivity contribution is 6.30. The zero-order valence-corrected chi connectivity index (χ0v) is 23.1. The number of anilines is 1. The van der Waals surface area contributed by atoms with Crippen LogP contribution >= 0.6 is 11.6 Å². The Bertz CT molecular complexity index is 1190. The van der Waals surface area contributed by atoms with Crippen LogP contribution < -0.4 is 9.64 Å². The van der Waals surface area contributed by atoms with E-state index in [1.165, 1.54) is 18.2 Å². The number of rotatable bonds is 4. The number of carbonyl (C=O) groups is 1. The molecule has 2 aromatic carbocycles. The summed E-state index contributed by atoms with van der Waals surface area (Å²) in [6.45, 7) is 4.33. The Hall–Kier alpha value is -2.28. The molecular weight excluding hydrogens is 502 g/mol. The average Bonchev–Trinajstić information content (AvgIpc) is 3.02. The van der Waals surface area contributed by atoms with Crippen molar-refractivity contribution in [3.05, 3.63) is 58.1 Å². The van der Waals surface area contributed by atoms with E-state index in [9.17, 15) is 9.90 Å². The highest BCUT2D eigenvalue weighted by Crippen LogP contribution is 2.47. The number of aliphatic hydroxyl groups is 1. The molecule has 1 saturated carbocycles. The summed E-state index contributed by atoms with van der Waals surface area (Å²) in [6.07, 6.45) is 6.76. The van der Waals surface area contributed by atoms with Crippen molar-refractivity contribution >= 4 is 23.3 Å². The van der Waals surface area contributed by atoms with Gasteiger partial charge in [-0.1, -0.05) is 17.7 Å². The number of benzene rings is 2. The third-order valence-electron chi connectivity index (χ3n) is 9.38. The van der Waals surface area contributed by atoms with E-state index in [0.29, 0.717) is 30.4 Å². The van der Waals surface area contributed by atoms with Crippen LogP contribution in [0.25, 0.3) is 0 Å². The normalized spacial score (nSPS) is 32.4. The number of fused-ring (bicyclic) bond motifs is 3. The third kappa shape index (κ3) is 4.80. The molecule has 2 heterocycles. The predicted octanol–water partition coefficient (Wildman–Crippen LogP) is 5.55. The van der Waals surface area contributed by atoms with Crippen molar-refractivity contribution in [1.82, 2.24) is 0 Å². The van der Waals surface area contributed by atoms with E-state index >= 15 is 0 Å². The molecule has 1 saturated heterocycles. The summed E-state index contributed by atoms with van der Waals surface area (Å²) in [5.41, 5.74) is 3.97. The number of hydrogen-bond donors (Lipinski definition) is 1. The molecule has 6 atom stereocenters. The van der Waals surface area contributed by atoms with Crippen molar-refractivity contribution in [2.45, 2.75) is 75.6 Å². The molecule has 2 aliphatic carbocycles. The maximum absolute atomic E-state index is 12.5. The first kappa shape index (κ1) is 26.0. The minimum Gasteiger partial charge on any atom is -0.490 e. The first-order valence-electron chi connectivity index (χ1n) is 14.1. The lowest BCUT2D eigenvalue weighted by Crippen LogP contribution is -2.51. The zero-order valence-electron chi connectivity index (χ0n) is 22.3. The number of methoxy groups -OCH3 is 1. The van der Waals surface area contributed by atoms with Crippen molar-refractivity contribution in [1.29, 1.82) is 0 Å². The number of esters is 1. The van der Waals surface area contributed by atoms with E-state index < -0.39 is 0 Å². The molecule has 6 nitrogen and oxygen atoms in total. The van der Waals surface area contributed by atoms with Crippen molar-refractivity contribution < 1.29 is 24.1 Å². The Morgan fingerprint density at radius 3 is 2.84 bits per heavy atom. The minimum atomic E-state index is -0.343. The van der Waals surface area contributed by atoms with Crippen molar-refractivity contribution in [2.24, 2.45) is 11.8 Å². The molecule has 0 amide bonds.